The van der Waals surface area contributed by atoms with E-state index in [0.717, 1.165) is 12.2 Å². The fraction of sp³-hybridized carbons (Fsp3) is 0.533. The summed E-state index contributed by atoms with van der Waals surface area (Å²) in [5.41, 5.74) is 3.55. The number of carboxylic acids is 1. The van der Waals surface area contributed by atoms with E-state index in [0.29, 0.717) is 19.1 Å². The van der Waals surface area contributed by atoms with Crippen molar-refractivity contribution in [3.63, 3.8) is 0 Å². The lowest BCUT2D eigenvalue weighted by Crippen LogP contribution is -2.39. The van der Waals surface area contributed by atoms with Gasteiger partial charge in [-0.3, -0.25) is 4.79 Å². The SMILES string of the molecule is Cc1cc(C)cc(N2CC(C(=O)O)CNCC2C)c1. The van der Waals surface area contributed by atoms with Crippen molar-refractivity contribution in [2.24, 2.45) is 5.92 Å². The second-order valence-electron chi connectivity index (χ2n) is 5.54. The first-order valence-corrected chi connectivity index (χ1v) is 6.76. The van der Waals surface area contributed by atoms with E-state index in [9.17, 15) is 9.90 Å². The maximum absolute atomic E-state index is 11.3. The second kappa shape index (κ2) is 5.61. The zero-order valence-corrected chi connectivity index (χ0v) is 11.8. The van der Waals surface area contributed by atoms with Gasteiger partial charge in [0, 0.05) is 31.4 Å². The lowest BCUT2D eigenvalue weighted by molar-refractivity contribution is -0.141. The molecule has 0 bridgehead atoms. The summed E-state index contributed by atoms with van der Waals surface area (Å²) in [6, 6.07) is 6.70. The van der Waals surface area contributed by atoms with Crippen LogP contribution >= 0.6 is 0 Å². The number of hydrogen-bond donors (Lipinski definition) is 2. The molecule has 4 nitrogen and oxygen atoms in total. The number of carbonyl (C=O) groups is 1. The van der Waals surface area contributed by atoms with Gasteiger partial charge >= 0.3 is 5.97 Å². The molecule has 0 saturated carbocycles. The third kappa shape index (κ3) is 3.26. The van der Waals surface area contributed by atoms with Crippen molar-refractivity contribution >= 4 is 11.7 Å². The van der Waals surface area contributed by atoms with Crippen LogP contribution < -0.4 is 10.2 Å². The Hall–Kier alpha value is -1.55. The first kappa shape index (κ1) is 13.9. The minimum absolute atomic E-state index is 0.297. The average molecular weight is 262 g/mol. The van der Waals surface area contributed by atoms with E-state index in [1.54, 1.807) is 0 Å². The van der Waals surface area contributed by atoms with Crippen molar-refractivity contribution in [3.05, 3.63) is 29.3 Å². The number of nitrogens with zero attached hydrogens (tertiary/aromatic N) is 1. The highest BCUT2D eigenvalue weighted by atomic mass is 16.4. The Bertz CT molecular complexity index is 453. The van der Waals surface area contributed by atoms with Crippen molar-refractivity contribution in [1.82, 2.24) is 5.32 Å². The Balaban J connectivity index is 2.30. The summed E-state index contributed by atoms with van der Waals surface area (Å²) in [5, 5.41) is 12.5. The molecule has 1 aromatic carbocycles. The van der Waals surface area contributed by atoms with Crippen LogP contribution in [0, 0.1) is 19.8 Å². The zero-order chi connectivity index (χ0) is 14.0. The molecule has 2 unspecified atom stereocenters. The van der Waals surface area contributed by atoms with Gasteiger partial charge in [0.05, 0.1) is 5.92 Å². The third-order valence-corrected chi connectivity index (χ3v) is 3.67. The molecular formula is C15H22N2O2. The van der Waals surface area contributed by atoms with E-state index in [1.165, 1.54) is 11.1 Å². The fourth-order valence-corrected chi connectivity index (χ4v) is 2.70. The molecule has 19 heavy (non-hydrogen) atoms. The molecule has 2 N–H and O–H groups in total. The largest absolute Gasteiger partial charge is 0.481 e. The number of rotatable bonds is 2. The van der Waals surface area contributed by atoms with E-state index in [2.05, 4.69) is 49.2 Å². The minimum Gasteiger partial charge on any atom is -0.481 e. The average Bonchev–Trinajstić information content (AvgIpc) is 2.50. The number of benzene rings is 1. The molecule has 1 aliphatic rings. The highest BCUT2D eigenvalue weighted by Gasteiger charge is 2.27. The van der Waals surface area contributed by atoms with Gasteiger partial charge in [-0.2, -0.15) is 0 Å². The van der Waals surface area contributed by atoms with E-state index in [4.69, 9.17) is 0 Å². The molecule has 0 radical (unpaired) electrons. The first-order chi connectivity index (χ1) is 8.97. The van der Waals surface area contributed by atoms with Gasteiger partial charge < -0.3 is 15.3 Å². The van der Waals surface area contributed by atoms with Crippen LogP contribution in [-0.4, -0.2) is 36.8 Å². The zero-order valence-electron chi connectivity index (χ0n) is 11.8. The number of aliphatic carboxylic acids is 1. The van der Waals surface area contributed by atoms with E-state index >= 15 is 0 Å². The van der Waals surface area contributed by atoms with Gasteiger partial charge in [-0.15, -0.1) is 0 Å². The normalized spacial score (nSPS) is 24.1. The third-order valence-electron chi connectivity index (χ3n) is 3.67. The van der Waals surface area contributed by atoms with Gasteiger partial charge in [-0.25, -0.2) is 0 Å². The van der Waals surface area contributed by atoms with Crippen LogP contribution in [0.1, 0.15) is 18.1 Å². The standard InChI is InChI=1S/C15H22N2O2/c1-10-4-11(2)6-14(5-10)17-9-13(15(18)19)8-16-7-12(17)3/h4-6,12-13,16H,7-9H2,1-3H3,(H,18,19). The summed E-state index contributed by atoms with van der Waals surface area (Å²) in [4.78, 5) is 13.5. The van der Waals surface area contributed by atoms with Crippen LogP contribution in [0.15, 0.2) is 18.2 Å². The minimum atomic E-state index is -0.726. The van der Waals surface area contributed by atoms with Crippen LogP contribution in [0.5, 0.6) is 0 Å². The van der Waals surface area contributed by atoms with Crippen molar-refractivity contribution in [2.45, 2.75) is 26.8 Å². The molecular weight excluding hydrogens is 240 g/mol. The molecule has 1 heterocycles. The van der Waals surface area contributed by atoms with E-state index < -0.39 is 5.97 Å². The number of carboxylic acid groups (broad SMARTS) is 1. The molecule has 1 saturated heterocycles. The fourth-order valence-electron chi connectivity index (χ4n) is 2.70. The Morgan fingerprint density at radius 1 is 1.26 bits per heavy atom. The lowest BCUT2D eigenvalue weighted by Gasteiger charge is -2.31. The van der Waals surface area contributed by atoms with Gasteiger partial charge in [-0.1, -0.05) is 6.07 Å². The maximum Gasteiger partial charge on any atom is 0.309 e. The molecule has 104 valence electrons. The summed E-state index contributed by atoms with van der Waals surface area (Å²) >= 11 is 0. The molecule has 4 heteroatoms. The number of nitrogens with one attached hydrogen (secondary N) is 1. The molecule has 0 aromatic heterocycles. The highest BCUT2D eigenvalue weighted by Crippen LogP contribution is 2.23. The second-order valence-corrected chi connectivity index (χ2v) is 5.54. The van der Waals surface area contributed by atoms with Gasteiger partial charge in [0.15, 0.2) is 0 Å². The van der Waals surface area contributed by atoms with E-state index in [-0.39, 0.29) is 5.92 Å². The maximum atomic E-state index is 11.3. The number of anilines is 1. The predicted octanol–water partition coefficient (Wildman–Crippen LogP) is 1.80. The topological polar surface area (TPSA) is 52.6 Å². The molecule has 0 aliphatic carbocycles. The lowest BCUT2D eigenvalue weighted by atomic mass is 10.1. The van der Waals surface area contributed by atoms with Crippen LogP contribution in [0.3, 0.4) is 0 Å². The molecule has 2 rings (SSSR count). The summed E-state index contributed by atoms with van der Waals surface area (Å²) in [5.74, 6) is -1.08. The van der Waals surface area contributed by atoms with Crippen LogP contribution in [0.2, 0.25) is 0 Å². The van der Waals surface area contributed by atoms with Crippen LogP contribution in [0.25, 0.3) is 0 Å². The van der Waals surface area contributed by atoms with Crippen LogP contribution in [0.4, 0.5) is 5.69 Å². The van der Waals surface area contributed by atoms with Crippen molar-refractivity contribution < 1.29 is 9.90 Å². The Morgan fingerprint density at radius 2 is 1.89 bits per heavy atom. The summed E-state index contributed by atoms with van der Waals surface area (Å²) in [6.45, 7) is 8.21. The monoisotopic (exact) mass is 262 g/mol. The smallest absolute Gasteiger partial charge is 0.309 e. The molecule has 2 atom stereocenters. The Labute approximate surface area is 114 Å². The number of hydrogen-bond acceptors (Lipinski definition) is 3. The molecule has 1 fully saturated rings. The number of aryl methyl sites for hydroxylation is 2. The summed E-state index contributed by atoms with van der Waals surface area (Å²) in [6.07, 6.45) is 0. The van der Waals surface area contributed by atoms with Gasteiger partial charge in [0.1, 0.15) is 0 Å². The Morgan fingerprint density at radius 3 is 2.47 bits per heavy atom. The molecule has 0 amide bonds. The van der Waals surface area contributed by atoms with Gasteiger partial charge in [-0.05, 0) is 44.0 Å². The molecule has 0 spiro atoms. The molecule has 1 aliphatic heterocycles. The van der Waals surface area contributed by atoms with E-state index in [1.807, 2.05) is 0 Å². The Kier molecular flexibility index (Phi) is 4.10. The summed E-state index contributed by atoms with van der Waals surface area (Å²) < 4.78 is 0. The first-order valence-electron chi connectivity index (χ1n) is 6.76. The van der Waals surface area contributed by atoms with Gasteiger partial charge in [0.25, 0.3) is 0 Å². The summed E-state index contributed by atoms with van der Waals surface area (Å²) in [7, 11) is 0. The van der Waals surface area contributed by atoms with Crippen molar-refractivity contribution in [3.8, 4) is 0 Å². The molecule has 1 aromatic rings. The predicted molar refractivity (Wildman–Crippen MR) is 76.7 cm³/mol. The van der Waals surface area contributed by atoms with Crippen LogP contribution in [-0.2, 0) is 4.79 Å². The quantitative estimate of drug-likeness (QED) is 0.853. The highest BCUT2D eigenvalue weighted by molar-refractivity contribution is 5.71. The van der Waals surface area contributed by atoms with Crippen molar-refractivity contribution in [2.75, 3.05) is 24.5 Å². The van der Waals surface area contributed by atoms with Gasteiger partial charge in [0.2, 0.25) is 0 Å². The van der Waals surface area contributed by atoms with Crippen molar-refractivity contribution in [1.29, 1.82) is 0 Å².